The molecule has 1 rings (SSSR count). The first-order valence-corrected chi connectivity index (χ1v) is 3.75. The second kappa shape index (κ2) is 4.31. The third-order valence-electron chi connectivity index (χ3n) is 1.40. The van der Waals surface area contributed by atoms with Crippen LogP contribution in [0.15, 0.2) is 24.3 Å². The second-order valence-electron chi connectivity index (χ2n) is 2.55. The van der Waals surface area contributed by atoms with Gasteiger partial charge in [0.05, 0.1) is 0 Å². The van der Waals surface area contributed by atoms with Gasteiger partial charge >= 0.3 is 0 Å². The quantitative estimate of drug-likeness (QED) is 0.582. The lowest BCUT2D eigenvalue weighted by molar-refractivity contribution is -0.467. The van der Waals surface area contributed by atoms with E-state index >= 15 is 0 Å². The standard InChI is InChI=1S/C8H7FN2O3/c9-6-1-3-7(4-2-6)10-8(12)5-11(13)14/h1-4H,5H2,(H,10,12). The fourth-order valence-electron chi connectivity index (χ4n) is 0.851. The number of anilines is 1. The van der Waals surface area contributed by atoms with E-state index in [1.165, 1.54) is 12.1 Å². The molecule has 0 heterocycles. The van der Waals surface area contributed by atoms with Crippen LogP contribution in [0, 0.1) is 15.9 Å². The average Bonchev–Trinajstić information content (AvgIpc) is 2.07. The van der Waals surface area contributed by atoms with E-state index < -0.39 is 23.2 Å². The van der Waals surface area contributed by atoms with E-state index in [2.05, 4.69) is 5.32 Å². The molecule has 6 heteroatoms. The van der Waals surface area contributed by atoms with Crippen molar-refractivity contribution in [3.63, 3.8) is 0 Å². The molecule has 0 fully saturated rings. The van der Waals surface area contributed by atoms with Crippen LogP contribution in [0.1, 0.15) is 0 Å². The Morgan fingerprint density at radius 3 is 2.50 bits per heavy atom. The zero-order valence-corrected chi connectivity index (χ0v) is 7.07. The van der Waals surface area contributed by atoms with Crippen molar-refractivity contribution in [3.8, 4) is 0 Å². The summed E-state index contributed by atoms with van der Waals surface area (Å²) in [5.41, 5.74) is 0.332. The molecule has 1 N–H and O–H groups in total. The summed E-state index contributed by atoms with van der Waals surface area (Å²) in [5, 5.41) is 12.2. The fourth-order valence-corrected chi connectivity index (χ4v) is 0.851. The minimum absolute atomic E-state index is 0.332. The van der Waals surface area contributed by atoms with Crippen molar-refractivity contribution in [2.24, 2.45) is 0 Å². The minimum atomic E-state index is -0.794. The third-order valence-corrected chi connectivity index (χ3v) is 1.40. The van der Waals surface area contributed by atoms with E-state index in [-0.39, 0.29) is 0 Å². The van der Waals surface area contributed by atoms with Crippen LogP contribution in [0.3, 0.4) is 0 Å². The normalized spacial score (nSPS) is 9.50. The molecule has 0 spiro atoms. The monoisotopic (exact) mass is 198 g/mol. The van der Waals surface area contributed by atoms with E-state index in [0.29, 0.717) is 5.69 Å². The van der Waals surface area contributed by atoms with E-state index in [1.807, 2.05) is 0 Å². The van der Waals surface area contributed by atoms with Gasteiger partial charge in [-0.25, -0.2) is 4.39 Å². The summed E-state index contributed by atoms with van der Waals surface area (Å²) in [6.07, 6.45) is 0. The Kier molecular flexibility index (Phi) is 3.11. The maximum atomic E-state index is 12.4. The largest absolute Gasteiger partial charge is 0.320 e. The van der Waals surface area contributed by atoms with Crippen molar-refractivity contribution in [2.45, 2.75) is 0 Å². The number of hydrogen-bond acceptors (Lipinski definition) is 3. The molecule has 0 atom stereocenters. The number of benzene rings is 1. The Hall–Kier alpha value is -1.98. The molecule has 14 heavy (non-hydrogen) atoms. The topological polar surface area (TPSA) is 72.2 Å². The predicted octanol–water partition coefficient (Wildman–Crippen LogP) is 1.04. The molecule has 0 saturated heterocycles. The highest BCUT2D eigenvalue weighted by Crippen LogP contribution is 2.07. The highest BCUT2D eigenvalue weighted by molar-refractivity contribution is 5.91. The van der Waals surface area contributed by atoms with Crippen LogP contribution < -0.4 is 5.32 Å². The highest BCUT2D eigenvalue weighted by atomic mass is 19.1. The van der Waals surface area contributed by atoms with E-state index in [4.69, 9.17) is 0 Å². The Morgan fingerprint density at radius 1 is 1.43 bits per heavy atom. The SMILES string of the molecule is O=C(C[N+](=O)[O-])Nc1ccc(F)cc1. The minimum Gasteiger partial charge on any atom is -0.320 e. The zero-order valence-electron chi connectivity index (χ0n) is 7.07. The summed E-state index contributed by atoms with van der Waals surface area (Å²) in [7, 11) is 0. The molecule has 5 nitrogen and oxygen atoms in total. The van der Waals surface area contributed by atoms with E-state index in [0.717, 1.165) is 12.1 Å². The van der Waals surface area contributed by atoms with Gasteiger partial charge in [-0.05, 0) is 24.3 Å². The van der Waals surface area contributed by atoms with Gasteiger partial charge in [-0.1, -0.05) is 0 Å². The van der Waals surface area contributed by atoms with Gasteiger partial charge in [0.1, 0.15) is 5.82 Å². The predicted molar refractivity (Wildman–Crippen MR) is 46.9 cm³/mol. The van der Waals surface area contributed by atoms with Crippen LogP contribution >= 0.6 is 0 Å². The highest BCUT2D eigenvalue weighted by Gasteiger charge is 2.08. The Morgan fingerprint density at radius 2 is 2.00 bits per heavy atom. The summed E-state index contributed by atoms with van der Waals surface area (Å²) in [6, 6.07) is 4.96. The van der Waals surface area contributed by atoms with Crippen molar-refractivity contribution in [2.75, 3.05) is 11.9 Å². The Bertz CT molecular complexity index is 350. The molecule has 0 radical (unpaired) electrons. The average molecular weight is 198 g/mol. The third kappa shape index (κ3) is 3.18. The lowest BCUT2D eigenvalue weighted by atomic mass is 10.3. The van der Waals surface area contributed by atoms with E-state index in [1.54, 1.807) is 0 Å². The molecule has 0 aliphatic rings. The van der Waals surface area contributed by atoms with Gasteiger partial charge in [-0.15, -0.1) is 0 Å². The first-order valence-electron chi connectivity index (χ1n) is 3.75. The summed E-state index contributed by atoms with van der Waals surface area (Å²) < 4.78 is 12.4. The van der Waals surface area contributed by atoms with Crippen LogP contribution in [0.5, 0.6) is 0 Å². The lowest BCUT2D eigenvalue weighted by Crippen LogP contribution is -2.21. The molecule has 0 aliphatic carbocycles. The van der Waals surface area contributed by atoms with Crippen LogP contribution in [0.4, 0.5) is 10.1 Å². The second-order valence-corrected chi connectivity index (χ2v) is 2.55. The first-order chi connectivity index (χ1) is 6.58. The molecular formula is C8H7FN2O3. The lowest BCUT2D eigenvalue weighted by Gasteiger charge is -2.00. The number of carbonyl (C=O) groups excluding carboxylic acids is 1. The van der Waals surface area contributed by atoms with Crippen LogP contribution in [-0.2, 0) is 4.79 Å². The van der Waals surface area contributed by atoms with Crippen molar-refractivity contribution in [1.82, 2.24) is 0 Å². The summed E-state index contributed by atoms with van der Waals surface area (Å²) in [5.74, 6) is -1.17. The molecule has 0 saturated carbocycles. The number of hydrogen-bond donors (Lipinski definition) is 1. The van der Waals surface area contributed by atoms with Crippen molar-refractivity contribution < 1.29 is 14.1 Å². The van der Waals surface area contributed by atoms with Crippen LogP contribution in [0.25, 0.3) is 0 Å². The van der Waals surface area contributed by atoms with Gasteiger partial charge in [-0.3, -0.25) is 14.9 Å². The molecule has 1 aromatic rings. The van der Waals surface area contributed by atoms with Gasteiger partial charge in [0, 0.05) is 10.6 Å². The first kappa shape index (κ1) is 10.1. The Balaban J connectivity index is 2.56. The molecule has 0 unspecified atom stereocenters. The molecule has 1 aromatic carbocycles. The number of nitrogens with zero attached hydrogens (tertiary/aromatic N) is 1. The van der Waals surface area contributed by atoms with Crippen molar-refractivity contribution >= 4 is 11.6 Å². The molecule has 74 valence electrons. The van der Waals surface area contributed by atoms with Gasteiger partial charge in [-0.2, -0.15) is 0 Å². The summed E-state index contributed by atoms with van der Waals surface area (Å²) in [4.78, 5) is 20.1. The fraction of sp³-hybridized carbons (Fsp3) is 0.125. The van der Waals surface area contributed by atoms with Crippen molar-refractivity contribution in [1.29, 1.82) is 0 Å². The molecular weight excluding hydrogens is 191 g/mol. The summed E-state index contributed by atoms with van der Waals surface area (Å²) >= 11 is 0. The number of nitrogens with one attached hydrogen (secondary N) is 1. The van der Waals surface area contributed by atoms with E-state index in [9.17, 15) is 19.3 Å². The van der Waals surface area contributed by atoms with Gasteiger partial charge < -0.3 is 5.32 Å². The zero-order chi connectivity index (χ0) is 10.6. The number of halogens is 1. The molecule has 0 aliphatic heterocycles. The smallest absolute Gasteiger partial charge is 0.296 e. The Labute approximate surface area is 78.7 Å². The van der Waals surface area contributed by atoms with Gasteiger partial charge in [0.15, 0.2) is 0 Å². The van der Waals surface area contributed by atoms with Gasteiger partial charge in [0.2, 0.25) is 0 Å². The molecule has 0 bridgehead atoms. The number of carbonyl (C=O) groups is 1. The van der Waals surface area contributed by atoms with Crippen LogP contribution in [0.2, 0.25) is 0 Å². The molecule has 1 amide bonds. The van der Waals surface area contributed by atoms with Crippen molar-refractivity contribution in [3.05, 3.63) is 40.2 Å². The maximum Gasteiger partial charge on any atom is 0.296 e. The maximum absolute atomic E-state index is 12.4. The number of nitro groups is 1. The molecule has 0 aromatic heterocycles. The number of rotatable bonds is 3. The van der Waals surface area contributed by atoms with Gasteiger partial charge in [0.25, 0.3) is 12.5 Å². The summed E-state index contributed by atoms with van der Waals surface area (Å²) in [6.45, 7) is -0.794. The number of amides is 1. The van der Waals surface area contributed by atoms with Crippen LogP contribution in [-0.4, -0.2) is 17.4 Å².